The molecule has 0 spiro atoms. The van der Waals surface area contributed by atoms with E-state index in [1.807, 2.05) is 6.92 Å². The van der Waals surface area contributed by atoms with Gasteiger partial charge < -0.3 is 15.0 Å². The predicted molar refractivity (Wildman–Crippen MR) is 87.0 cm³/mol. The van der Waals surface area contributed by atoms with Crippen LogP contribution in [0.1, 0.15) is 45.2 Å². The van der Waals surface area contributed by atoms with Crippen LogP contribution in [-0.4, -0.2) is 42.3 Å². The van der Waals surface area contributed by atoms with Crippen LogP contribution in [0.2, 0.25) is 0 Å². The average Bonchev–Trinajstić information content (AvgIpc) is 2.50. The Bertz CT molecular complexity index is 438. The molecule has 1 aliphatic rings. The van der Waals surface area contributed by atoms with Crippen molar-refractivity contribution < 1.29 is 4.74 Å². The minimum Gasteiger partial charge on any atom is -0.376 e. The van der Waals surface area contributed by atoms with E-state index in [2.05, 4.69) is 40.1 Å². The summed E-state index contributed by atoms with van der Waals surface area (Å²) in [6.45, 7) is 10.1. The van der Waals surface area contributed by atoms with Gasteiger partial charge in [0.2, 0.25) is 5.95 Å². The Balaban J connectivity index is 2.03. The summed E-state index contributed by atoms with van der Waals surface area (Å²) in [4.78, 5) is 11.4. The molecule has 2 rings (SSSR count). The zero-order valence-corrected chi connectivity index (χ0v) is 13.6. The molecule has 1 aromatic heterocycles. The fourth-order valence-corrected chi connectivity index (χ4v) is 2.60. The van der Waals surface area contributed by atoms with E-state index in [0.717, 1.165) is 69.4 Å². The van der Waals surface area contributed by atoms with Gasteiger partial charge in [-0.3, -0.25) is 0 Å². The van der Waals surface area contributed by atoms with Crippen LogP contribution in [0.25, 0.3) is 0 Å². The van der Waals surface area contributed by atoms with E-state index in [-0.39, 0.29) is 0 Å². The third-order valence-electron chi connectivity index (χ3n) is 3.63. The number of piperidine rings is 1. The Morgan fingerprint density at radius 1 is 1.33 bits per heavy atom. The molecule has 1 aliphatic heterocycles. The van der Waals surface area contributed by atoms with E-state index in [4.69, 9.17) is 4.74 Å². The highest BCUT2D eigenvalue weighted by Crippen LogP contribution is 2.21. The summed E-state index contributed by atoms with van der Waals surface area (Å²) in [7, 11) is 0. The van der Waals surface area contributed by atoms with Crippen molar-refractivity contribution in [1.82, 2.24) is 9.97 Å². The molecule has 0 saturated carbocycles. The van der Waals surface area contributed by atoms with Crippen LogP contribution in [0.4, 0.5) is 11.8 Å². The first-order valence-electron chi connectivity index (χ1n) is 8.19. The first kappa shape index (κ1) is 16.0. The lowest BCUT2D eigenvalue weighted by Crippen LogP contribution is -2.40. The number of rotatable bonds is 7. The topological polar surface area (TPSA) is 50.3 Å². The number of ether oxygens (including phenoxy) is 1. The van der Waals surface area contributed by atoms with Gasteiger partial charge in [-0.05, 0) is 32.6 Å². The molecular weight excluding hydrogens is 264 g/mol. The first-order valence-corrected chi connectivity index (χ1v) is 8.19. The van der Waals surface area contributed by atoms with E-state index in [9.17, 15) is 0 Å². The Labute approximate surface area is 128 Å². The van der Waals surface area contributed by atoms with Gasteiger partial charge in [0, 0.05) is 38.0 Å². The van der Waals surface area contributed by atoms with Crippen molar-refractivity contribution in [2.75, 3.05) is 36.5 Å². The van der Waals surface area contributed by atoms with Crippen LogP contribution in [0, 0.1) is 6.92 Å². The SMILES string of the molecule is CCCNc1nc(C)cc(N2CCCC(OCCC)C2)n1. The number of hydrogen-bond acceptors (Lipinski definition) is 5. The highest BCUT2D eigenvalue weighted by molar-refractivity contribution is 5.45. The smallest absolute Gasteiger partial charge is 0.224 e. The number of anilines is 2. The van der Waals surface area contributed by atoms with Gasteiger partial charge in [-0.1, -0.05) is 13.8 Å². The largest absolute Gasteiger partial charge is 0.376 e. The van der Waals surface area contributed by atoms with Crippen LogP contribution in [0.5, 0.6) is 0 Å². The minimum atomic E-state index is 0.334. The van der Waals surface area contributed by atoms with Crippen LogP contribution in [0.15, 0.2) is 6.07 Å². The third-order valence-corrected chi connectivity index (χ3v) is 3.63. The number of aromatic nitrogens is 2. The first-order chi connectivity index (χ1) is 10.2. The summed E-state index contributed by atoms with van der Waals surface area (Å²) in [6.07, 6.45) is 4.80. The van der Waals surface area contributed by atoms with Gasteiger partial charge in [-0.2, -0.15) is 4.98 Å². The maximum Gasteiger partial charge on any atom is 0.224 e. The van der Waals surface area contributed by atoms with Crippen molar-refractivity contribution in [3.05, 3.63) is 11.8 Å². The second-order valence-electron chi connectivity index (χ2n) is 5.70. The van der Waals surface area contributed by atoms with Crippen LogP contribution in [-0.2, 0) is 4.74 Å². The van der Waals surface area contributed by atoms with Crippen LogP contribution >= 0.6 is 0 Å². The highest BCUT2D eigenvalue weighted by atomic mass is 16.5. The van der Waals surface area contributed by atoms with Gasteiger partial charge in [0.15, 0.2) is 0 Å². The number of aryl methyl sites for hydroxylation is 1. The molecule has 1 N–H and O–H groups in total. The summed E-state index contributed by atoms with van der Waals surface area (Å²) in [5.41, 5.74) is 1.01. The maximum atomic E-state index is 5.91. The number of nitrogens with one attached hydrogen (secondary N) is 1. The summed E-state index contributed by atoms with van der Waals surface area (Å²) in [5, 5.41) is 3.28. The lowest BCUT2D eigenvalue weighted by molar-refractivity contribution is 0.0439. The standard InChI is InChI=1S/C16H28N4O/c1-4-8-17-16-18-13(3)11-15(19-16)20-9-6-7-14(12-20)21-10-5-2/h11,14H,4-10,12H2,1-3H3,(H,17,18,19). The molecular formula is C16H28N4O. The Morgan fingerprint density at radius 3 is 2.95 bits per heavy atom. The monoisotopic (exact) mass is 292 g/mol. The molecule has 0 aliphatic carbocycles. The van der Waals surface area contributed by atoms with Gasteiger partial charge in [0.25, 0.3) is 0 Å². The number of nitrogens with zero attached hydrogens (tertiary/aromatic N) is 3. The molecule has 1 atom stereocenters. The lowest BCUT2D eigenvalue weighted by atomic mass is 10.1. The molecule has 21 heavy (non-hydrogen) atoms. The maximum absolute atomic E-state index is 5.91. The van der Waals surface area contributed by atoms with Crippen LogP contribution in [0.3, 0.4) is 0 Å². The van der Waals surface area contributed by atoms with Crippen molar-refractivity contribution in [2.45, 2.75) is 52.6 Å². The average molecular weight is 292 g/mol. The third kappa shape index (κ3) is 4.84. The van der Waals surface area contributed by atoms with Crippen molar-refractivity contribution in [3.8, 4) is 0 Å². The Kier molecular flexibility index (Phi) is 6.23. The molecule has 5 nitrogen and oxygen atoms in total. The zero-order chi connectivity index (χ0) is 15.1. The van der Waals surface area contributed by atoms with Crippen molar-refractivity contribution in [1.29, 1.82) is 0 Å². The summed E-state index contributed by atoms with van der Waals surface area (Å²) in [6, 6.07) is 2.07. The zero-order valence-electron chi connectivity index (χ0n) is 13.6. The fourth-order valence-electron chi connectivity index (χ4n) is 2.60. The quantitative estimate of drug-likeness (QED) is 0.837. The van der Waals surface area contributed by atoms with Gasteiger partial charge in [0.1, 0.15) is 5.82 Å². The molecule has 0 radical (unpaired) electrons. The molecule has 118 valence electrons. The van der Waals surface area contributed by atoms with E-state index in [1.54, 1.807) is 0 Å². The van der Waals surface area contributed by atoms with Gasteiger partial charge in [-0.25, -0.2) is 4.98 Å². The van der Waals surface area contributed by atoms with E-state index >= 15 is 0 Å². The molecule has 0 amide bonds. The van der Waals surface area contributed by atoms with E-state index < -0.39 is 0 Å². The van der Waals surface area contributed by atoms with Crippen molar-refractivity contribution in [3.63, 3.8) is 0 Å². The summed E-state index contributed by atoms with van der Waals surface area (Å²) >= 11 is 0. The predicted octanol–water partition coefficient (Wildman–Crippen LogP) is 3.00. The number of hydrogen-bond donors (Lipinski definition) is 1. The molecule has 1 fully saturated rings. The second-order valence-corrected chi connectivity index (χ2v) is 5.70. The normalized spacial score (nSPS) is 18.8. The van der Waals surface area contributed by atoms with Gasteiger partial charge in [-0.15, -0.1) is 0 Å². The van der Waals surface area contributed by atoms with Crippen LogP contribution < -0.4 is 10.2 Å². The Hall–Kier alpha value is -1.36. The molecule has 1 aromatic rings. The Morgan fingerprint density at radius 2 is 2.19 bits per heavy atom. The van der Waals surface area contributed by atoms with Crippen molar-refractivity contribution >= 4 is 11.8 Å². The summed E-state index contributed by atoms with van der Waals surface area (Å²) in [5.74, 6) is 1.76. The molecule has 0 aromatic carbocycles. The highest BCUT2D eigenvalue weighted by Gasteiger charge is 2.21. The summed E-state index contributed by atoms with van der Waals surface area (Å²) < 4.78 is 5.91. The fraction of sp³-hybridized carbons (Fsp3) is 0.750. The molecule has 1 unspecified atom stereocenters. The molecule has 5 heteroatoms. The van der Waals surface area contributed by atoms with E-state index in [1.165, 1.54) is 0 Å². The molecule has 1 saturated heterocycles. The van der Waals surface area contributed by atoms with Gasteiger partial charge in [0.05, 0.1) is 6.10 Å². The molecule has 2 heterocycles. The lowest BCUT2D eigenvalue weighted by Gasteiger charge is -2.33. The van der Waals surface area contributed by atoms with E-state index in [0.29, 0.717) is 6.10 Å². The second kappa shape index (κ2) is 8.17. The van der Waals surface area contributed by atoms with Crippen molar-refractivity contribution in [2.24, 2.45) is 0 Å². The van der Waals surface area contributed by atoms with Gasteiger partial charge >= 0.3 is 0 Å². The minimum absolute atomic E-state index is 0.334. The molecule has 0 bridgehead atoms.